The summed E-state index contributed by atoms with van der Waals surface area (Å²) in [6.45, 7) is 5.68. The highest BCUT2D eigenvalue weighted by Crippen LogP contribution is 2.24. The van der Waals surface area contributed by atoms with Crippen molar-refractivity contribution < 1.29 is 4.74 Å². The SMILES string of the molecule is COCCN(c1ccc(C(=N)N)c(Cl)c1)C(C)C. The first-order valence-electron chi connectivity index (χ1n) is 5.87. The second-order valence-corrected chi connectivity index (χ2v) is 4.76. The van der Waals surface area contributed by atoms with E-state index in [-0.39, 0.29) is 5.84 Å². The van der Waals surface area contributed by atoms with E-state index < -0.39 is 0 Å². The number of anilines is 1. The second-order valence-electron chi connectivity index (χ2n) is 4.36. The van der Waals surface area contributed by atoms with Gasteiger partial charge in [0.15, 0.2) is 0 Å². The molecule has 0 fully saturated rings. The van der Waals surface area contributed by atoms with Crippen LogP contribution in [0.1, 0.15) is 19.4 Å². The van der Waals surface area contributed by atoms with Gasteiger partial charge in [0.25, 0.3) is 0 Å². The Morgan fingerprint density at radius 1 is 1.50 bits per heavy atom. The molecule has 1 aromatic carbocycles. The van der Waals surface area contributed by atoms with E-state index in [1.54, 1.807) is 13.2 Å². The van der Waals surface area contributed by atoms with Crippen molar-refractivity contribution in [2.24, 2.45) is 5.73 Å². The van der Waals surface area contributed by atoms with Gasteiger partial charge >= 0.3 is 0 Å². The van der Waals surface area contributed by atoms with Crippen LogP contribution in [0.2, 0.25) is 5.02 Å². The Bertz CT molecular complexity index is 421. The fraction of sp³-hybridized carbons (Fsp3) is 0.462. The van der Waals surface area contributed by atoms with Gasteiger partial charge in [0, 0.05) is 30.9 Å². The Morgan fingerprint density at radius 3 is 2.61 bits per heavy atom. The van der Waals surface area contributed by atoms with Crippen molar-refractivity contribution in [1.82, 2.24) is 0 Å². The standard InChI is InChI=1S/C13H20ClN3O/c1-9(2)17(6-7-18-3)10-4-5-11(13(15)16)12(14)8-10/h4-5,8-9H,6-7H2,1-3H3,(H3,15,16). The lowest BCUT2D eigenvalue weighted by Gasteiger charge is -2.29. The van der Waals surface area contributed by atoms with Crippen LogP contribution in [0.3, 0.4) is 0 Å². The number of nitrogens with zero attached hydrogens (tertiary/aromatic N) is 1. The fourth-order valence-electron chi connectivity index (χ4n) is 1.78. The monoisotopic (exact) mass is 269 g/mol. The van der Waals surface area contributed by atoms with E-state index in [4.69, 9.17) is 27.5 Å². The van der Waals surface area contributed by atoms with E-state index >= 15 is 0 Å². The number of rotatable bonds is 6. The number of nitrogens with one attached hydrogen (secondary N) is 1. The maximum atomic E-state index is 7.41. The number of amidine groups is 1. The highest BCUT2D eigenvalue weighted by Gasteiger charge is 2.12. The minimum absolute atomic E-state index is 0.0143. The third kappa shape index (κ3) is 3.62. The molecule has 1 aromatic rings. The predicted octanol–water partition coefficient (Wildman–Crippen LogP) is 2.49. The van der Waals surface area contributed by atoms with Crippen LogP contribution in [-0.2, 0) is 4.74 Å². The van der Waals surface area contributed by atoms with Crippen molar-refractivity contribution in [3.8, 4) is 0 Å². The van der Waals surface area contributed by atoms with E-state index in [1.807, 2.05) is 12.1 Å². The number of nitrogens with two attached hydrogens (primary N) is 1. The zero-order valence-corrected chi connectivity index (χ0v) is 11.8. The molecule has 0 bridgehead atoms. The number of methoxy groups -OCH3 is 1. The molecule has 0 saturated heterocycles. The van der Waals surface area contributed by atoms with Gasteiger partial charge in [0.2, 0.25) is 0 Å². The molecule has 0 heterocycles. The Labute approximate surface area is 113 Å². The largest absolute Gasteiger partial charge is 0.384 e. The highest BCUT2D eigenvalue weighted by molar-refractivity contribution is 6.34. The molecular weight excluding hydrogens is 250 g/mol. The number of halogens is 1. The number of hydrogen-bond acceptors (Lipinski definition) is 3. The summed E-state index contributed by atoms with van der Waals surface area (Å²) in [5.41, 5.74) is 7.02. The minimum atomic E-state index is -0.0143. The van der Waals surface area contributed by atoms with E-state index in [1.165, 1.54) is 0 Å². The van der Waals surface area contributed by atoms with Crippen molar-refractivity contribution in [2.75, 3.05) is 25.2 Å². The molecule has 3 N–H and O–H groups in total. The summed E-state index contributed by atoms with van der Waals surface area (Å²) in [6, 6.07) is 5.90. The van der Waals surface area contributed by atoms with Gasteiger partial charge in [-0.05, 0) is 32.0 Å². The summed E-state index contributed by atoms with van der Waals surface area (Å²) in [6.07, 6.45) is 0. The van der Waals surface area contributed by atoms with Crippen LogP contribution in [0.15, 0.2) is 18.2 Å². The zero-order chi connectivity index (χ0) is 13.7. The fourth-order valence-corrected chi connectivity index (χ4v) is 2.05. The van der Waals surface area contributed by atoms with Crippen LogP contribution >= 0.6 is 11.6 Å². The molecule has 0 saturated carbocycles. The Morgan fingerprint density at radius 2 is 2.17 bits per heavy atom. The van der Waals surface area contributed by atoms with E-state index in [0.29, 0.717) is 23.2 Å². The van der Waals surface area contributed by atoms with Crippen molar-refractivity contribution >= 4 is 23.1 Å². The molecular formula is C13H20ClN3O. The van der Waals surface area contributed by atoms with Gasteiger partial charge in [-0.15, -0.1) is 0 Å². The van der Waals surface area contributed by atoms with Crippen molar-refractivity contribution in [1.29, 1.82) is 5.41 Å². The molecule has 0 atom stereocenters. The van der Waals surface area contributed by atoms with Gasteiger partial charge < -0.3 is 15.4 Å². The normalized spacial score (nSPS) is 10.7. The summed E-state index contributed by atoms with van der Waals surface area (Å²) in [5.74, 6) is -0.0143. The van der Waals surface area contributed by atoms with E-state index in [2.05, 4.69) is 18.7 Å². The first-order valence-corrected chi connectivity index (χ1v) is 6.24. The Kier molecular flexibility index (Phi) is 5.44. The van der Waals surface area contributed by atoms with Crippen LogP contribution in [0.4, 0.5) is 5.69 Å². The summed E-state index contributed by atoms with van der Waals surface area (Å²) in [5, 5.41) is 7.91. The molecule has 0 aliphatic heterocycles. The van der Waals surface area contributed by atoms with E-state index in [0.717, 1.165) is 12.2 Å². The highest BCUT2D eigenvalue weighted by atomic mass is 35.5. The van der Waals surface area contributed by atoms with Crippen molar-refractivity contribution in [3.05, 3.63) is 28.8 Å². The zero-order valence-electron chi connectivity index (χ0n) is 11.0. The molecule has 0 aliphatic carbocycles. The molecule has 0 amide bonds. The summed E-state index contributed by atoms with van der Waals surface area (Å²) >= 11 is 6.13. The van der Waals surface area contributed by atoms with Crippen LogP contribution in [0.25, 0.3) is 0 Å². The summed E-state index contributed by atoms with van der Waals surface area (Å²) in [4.78, 5) is 2.19. The Hall–Kier alpha value is -1.26. The lowest BCUT2D eigenvalue weighted by atomic mass is 10.1. The van der Waals surface area contributed by atoms with Crippen molar-refractivity contribution in [2.45, 2.75) is 19.9 Å². The van der Waals surface area contributed by atoms with Crippen LogP contribution in [-0.4, -0.2) is 32.1 Å². The maximum Gasteiger partial charge on any atom is 0.124 e. The van der Waals surface area contributed by atoms with E-state index in [9.17, 15) is 0 Å². The van der Waals surface area contributed by atoms with Gasteiger partial charge in [-0.25, -0.2) is 0 Å². The molecule has 100 valence electrons. The third-order valence-electron chi connectivity index (χ3n) is 2.73. The molecule has 0 aliphatic rings. The molecule has 0 spiro atoms. The van der Waals surface area contributed by atoms with Crippen LogP contribution < -0.4 is 10.6 Å². The van der Waals surface area contributed by atoms with Crippen molar-refractivity contribution in [3.63, 3.8) is 0 Å². The quantitative estimate of drug-likeness (QED) is 0.616. The van der Waals surface area contributed by atoms with Gasteiger partial charge in [-0.3, -0.25) is 5.41 Å². The molecule has 0 radical (unpaired) electrons. The maximum absolute atomic E-state index is 7.41. The molecule has 0 aromatic heterocycles. The molecule has 5 heteroatoms. The average Bonchev–Trinajstić information content (AvgIpc) is 2.28. The van der Waals surface area contributed by atoms with Gasteiger partial charge in [0.05, 0.1) is 11.6 Å². The summed E-state index contributed by atoms with van der Waals surface area (Å²) in [7, 11) is 1.68. The smallest absolute Gasteiger partial charge is 0.124 e. The number of ether oxygens (including phenoxy) is 1. The van der Waals surface area contributed by atoms with Crippen LogP contribution in [0, 0.1) is 5.41 Å². The minimum Gasteiger partial charge on any atom is -0.384 e. The molecule has 18 heavy (non-hydrogen) atoms. The number of nitrogen functional groups attached to an aromatic ring is 1. The van der Waals surface area contributed by atoms with Gasteiger partial charge in [-0.2, -0.15) is 0 Å². The molecule has 1 rings (SSSR count). The molecule has 0 unspecified atom stereocenters. The summed E-state index contributed by atoms with van der Waals surface area (Å²) < 4.78 is 5.11. The lowest BCUT2D eigenvalue weighted by Crippen LogP contribution is -2.33. The Balaban J connectivity index is 2.99. The second kappa shape index (κ2) is 6.61. The van der Waals surface area contributed by atoms with Gasteiger partial charge in [-0.1, -0.05) is 11.6 Å². The third-order valence-corrected chi connectivity index (χ3v) is 3.05. The lowest BCUT2D eigenvalue weighted by molar-refractivity contribution is 0.204. The van der Waals surface area contributed by atoms with Gasteiger partial charge in [0.1, 0.15) is 5.84 Å². The predicted molar refractivity (Wildman–Crippen MR) is 76.8 cm³/mol. The average molecular weight is 270 g/mol. The molecule has 4 nitrogen and oxygen atoms in total. The number of benzene rings is 1. The first-order chi connectivity index (χ1) is 8.47. The topological polar surface area (TPSA) is 62.3 Å². The first kappa shape index (κ1) is 14.8. The van der Waals surface area contributed by atoms with Crippen LogP contribution in [0.5, 0.6) is 0 Å². The number of hydrogen-bond donors (Lipinski definition) is 2.